The van der Waals surface area contributed by atoms with Gasteiger partial charge in [-0.1, -0.05) is 38.3 Å². The van der Waals surface area contributed by atoms with Crippen molar-refractivity contribution >= 4 is 5.69 Å². The average molecular weight is 286 g/mol. The van der Waals surface area contributed by atoms with Crippen molar-refractivity contribution in [3.8, 4) is 0 Å². The van der Waals surface area contributed by atoms with E-state index in [-0.39, 0.29) is 0 Å². The lowest BCUT2D eigenvalue weighted by Gasteiger charge is -2.45. The minimum Gasteiger partial charge on any atom is -0.371 e. The molecule has 2 nitrogen and oxygen atoms in total. The molecule has 1 aliphatic heterocycles. The molecule has 2 aliphatic rings. The van der Waals surface area contributed by atoms with Crippen LogP contribution in [0.15, 0.2) is 24.3 Å². The summed E-state index contributed by atoms with van der Waals surface area (Å²) in [4.78, 5) is 2.59. The van der Waals surface area contributed by atoms with Crippen molar-refractivity contribution in [2.24, 2.45) is 5.41 Å². The van der Waals surface area contributed by atoms with Crippen LogP contribution < -0.4 is 10.2 Å². The van der Waals surface area contributed by atoms with E-state index in [2.05, 4.69) is 41.4 Å². The van der Waals surface area contributed by atoms with E-state index in [1.54, 1.807) is 0 Å². The fraction of sp³-hybridized carbons (Fsp3) is 0.684. The van der Waals surface area contributed by atoms with Gasteiger partial charge >= 0.3 is 0 Å². The van der Waals surface area contributed by atoms with Gasteiger partial charge in [-0.05, 0) is 55.3 Å². The fourth-order valence-electron chi connectivity index (χ4n) is 4.13. The van der Waals surface area contributed by atoms with E-state index in [0.717, 1.165) is 13.1 Å². The maximum atomic E-state index is 3.39. The summed E-state index contributed by atoms with van der Waals surface area (Å²) in [6.07, 6.45) is 10.2. The van der Waals surface area contributed by atoms with Gasteiger partial charge in [0.1, 0.15) is 0 Å². The third kappa shape index (κ3) is 3.60. The van der Waals surface area contributed by atoms with Gasteiger partial charge in [-0.15, -0.1) is 0 Å². The first-order chi connectivity index (χ1) is 10.3. The molecular formula is C19H30N2. The summed E-state index contributed by atoms with van der Waals surface area (Å²) < 4.78 is 0. The molecule has 1 aliphatic carbocycles. The first-order valence-corrected chi connectivity index (χ1v) is 8.86. The molecule has 0 bridgehead atoms. The van der Waals surface area contributed by atoms with Gasteiger partial charge in [0.05, 0.1) is 0 Å². The second-order valence-electron chi connectivity index (χ2n) is 6.99. The van der Waals surface area contributed by atoms with E-state index in [1.807, 2.05) is 0 Å². The Morgan fingerprint density at radius 2 is 1.62 bits per heavy atom. The van der Waals surface area contributed by atoms with Gasteiger partial charge in [0, 0.05) is 25.3 Å². The minimum absolute atomic E-state index is 0.708. The summed E-state index contributed by atoms with van der Waals surface area (Å²) in [5, 5.41) is 3.39. The van der Waals surface area contributed by atoms with Crippen LogP contribution in [0.25, 0.3) is 0 Å². The third-order valence-corrected chi connectivity index (χ3v) is 5.62. The molecule has 1 aromatic rings. The minimum atomic E-state index is 0.708. The lowest BCUT2D eigenvalue weighted by molar-refractivity contribution is 0.144. The van der Waals surface area contributed by atoms with E-state index >= 15 is 0 Å². The van der Waals surface area contributed by atoms with Gasteiger partial charge in [-0.3, -0.25) is 0 Å². The van der Waals surface area contributed by atoms with Gasteiger partial charge in [0.2, 0.25) is 0 Å². The lowest BCUT2D eigenvalue weighted by atomic mass is 9.68. The molecule has 1 saturated carbocycles. The number of nitrogens with one attached hydrogen (secondary N) is 1. The molecule has 0 aromatic heterocycles. The van der Waals surface area contributed by atoms with E-state index in [9.17, 15) is 0 Å². The number of nitrogens with zero attached hydrogens (tertiary/aromatic N) is 1. The SMILES string of the molecule is CCNCc1ccc(N2CCC3(CCCCC3)CC2)cc1. The van der Waals surface area contributed by atoms with E-state index in [0.29, 0.717) is 5.41 Å². The summed E-state index contributed by atoms with van der Waals surface area (Å²) in [6.45, 7) is 6.69. The van der Waals surface area contributed by atoms with Crippen LogP contribution in [0.5, 0.6) is 0 Å². The predicted octanol–water partition coefficient (Wildman–Crippen LogP) is 4.35. The number of piperidine rings is 1. The Balaban J connectivity index is 1.56. The van der Waals surface area contributed by atoms with Gasteiger partial charge in [0.25, 0.3) is 0 Å². The molecule has 2 fully saturated rings. The van der Waals surface area contributed by atoms with Crippen molar-refractivity contribution in [1.29, 1.82) is 0 Å². The zero-order valence-corrected chi connectivity index (χ0v) is 13.5. The topological polar surface area (TPSA) is 15.3 Å². The zero-order valence-electron chi connectivity index (χ0n) is 13.5. The maximum absolute atomic E-state index is 3.39. The Labute approximate surface area is 129 Å². The smallest absolute Gasteiger partial charge is 0.0366 e. The fourth-order valence-corrected chi connectivity index (χ4v) is 4.13. The molecule has 3 rings (SSSR count). The molecule has 0 radical (unpaired) electrons. The predicted molar refractivity (Wildman–Crippen MR) is 90.8 cm³/mol. The average Bonchev–Trinajstić information content (AvgIpc) is 2.55. The van der Waals surface area contributed by atoms with E-state index < -0.39 is 0 Å². The molecule has 116 valence electrons. The Bertz CT molecular complexity index is 421. The molecule has 1 saturated heterocycles. The highest BCUT2D eigenvalue weighted by Crippen LogP contribution is 2.45. The summed E-state index contributed by atoms with van der Waals surface area (Å²) in [7, 11) is 0. The molecule has 1 heterocycles. The van der Waals surface area contributed by atoms with Gasteiger partial charge < -0.3 is 10.2 Å². The second-order valence-corrected chi connectivity index (χ2v) is 6.99. The van der Waals surface area contributed by atoms with Gasteiger partial charge in [-0.25, -0.2) is 0 Å². The van der Waals surface area contributed by atoms with Gasteiger partial charge in [-0.2, -0.15) is 0 Å². The van der Waals surface area contributed by atoms with Crippen LogP contribution in [0.3, 0.4) is 0 Å². The Morgan fingerprint density at radius 1 is 0.952 bits per heavy atom. The first-order valence-electron chi connectivity index (χ1n) is 8.86. The number of rotatable bonds is 4. The van der Waals surface area contributed by atoms with Crippen LogP contribution in [-0.4, -0.2) is 19.6 Å². The van der Waals surface area contributed by atoms with Crippen LogP contribution in [0.2, 0.25) is 0 Å². The van der Waals surface area contributed by atoms with Crippen molar-refractivity contribution in [2.75, 3.05) is 24.5 Å². The van der Waals surface area contributed by atoms with Crippen LogP contribution >= 0.6 is 0 Å². The largest absolute Gasteiger partial charge is 0.371 e. The summed E-state index contributed by atoms with van der Waals surface area (Å²) >= 11 is 0. The Kier molecular flexibility index (Phi) is 4.84. The highest BCUT2D eigenvalue weighted by molar-refractivity contribution is 5.48. The van der Waals surface area contributed by atoms with Crippen molar-refractivity contribution in [2.45, 2.75) is 58.4 Å². The standard InChI is InChI=1S/C19H30N2/c1-2-20-16-17-6-8-18(9-7-17)21-14-12-19(13-15-21)10-4-3-5-11-19/h6-9,20H,2-5,10-16H2,1H3. The third-order valence-electron chi connectivity index (χ3n) is 5.62. The van der Waals surface area contributed by atoms with Crippen LogP contribution in [0.4, 0.5) is 5.69 Å². The Morgan fingerprint density at radius 3 is 2.24 bits per heavy atom. The van der Waals surface area contributed by atoms with Crippen molar-refractivity contribution < 1.29 is 0 Å². The molecule has 0 atom stereocenters. The highest BCUT2D eigenvalue weighted by atomic mass is 15.1. The van der Waals surface area contributed by atoms with E-state index in [4.69, 9.17) is 0 Å². The molecule has 0 amide bonds. The number of hydrogen-bond acceptors (Lipinski definition) is 2. The van der Waals surface area contributed by atoms with E-state index in [1.165, 1.54) is 69.3 Å². The summed E-state index contributed by atoms with van der Waals surface area (Å²) in [5.74, 6) is 0. The summed E-state index contributed by atoms with van der Waals surface area (Å²) in [5.41, 5.74) is 3.52. The maximum Gasteiger partial charge on any atom is 0.0366 e. The monoisotopic (exact) mass is 286 g/mol. The number of anilines is 1. The molecule has 1 aromatic carbocycles. The van der Waals surface area contributed by atoms with Crippen molar-refractivity contribution in [3.05, 3.63) is 29.8 Å². The molecule has 1 N–H and O–H groups in total. The normalized spacial score (nSPS) is 21.7. The number of hydrogen-bond donors (Lipinski definition) is 1. The van der Waals surface area contributed by atoms with Crippen LogP contribution in [-0.2, 0) is 6.54 Å². The first kappa shape index (κ1) is 14.9. The number of benzene rings is 1. The van der Waals surface area contributed by atoms with Crippen molar-refractivity contribution in [3.63, 3.8) is 0 Å². The molecule has 0 unspecified atom stereocenters. The summed E-state index contributed by atoms with van der Waals surface area (Å²) in [6, 6.07) is 9.18. The van der Waals surface area contributed by atoms with Crippen molar-refractivity contribution in [1.82, 2.24) is 5.32 Å². The highest BCUT2D eigenvalue weighted by Gasteiger charge is 2.35. The van der Waals surface area contributed by atoms with Crippen LogP contribution in [0.1, 0.15) is 57.4 Å². The lowest BCUT2D eigenvalue weighted by Crippen LogP contribution is -2.41. The zero-order chi connectivity index (χ0) is 14.5. The molecule has 21 heavy (non-hydrogen) atoms. The van der Waals surface area contributed by atoms with Crippen LogP contribution in [0, 0.1) is 5.41 Å². The van der Waals surface area contributed by atoms with Gasteiger partial charge in [0.15, 0.2) is 0 Å². The Hall–Kier alpha value is -1.02. The molecule has 2 heteroatoms. The molecule has 1 spiro atoms. The quantitative estimate of drug-likeness (QED) is 0.885. The molecular weight excluding hydrogens is 256 g/mol. The second kappa shape index (κ2) is 6.83.